The number of carboxylic acid groups (broad SMARTS) is 1. The normalized spacial score (nSPS) is 39.5. The third-order valence-electron chi connectivity index (χ3n) is 5.28. The zero-order valence-corrected chi connectivity index (χ0v) is 11.3. The van der Waals surface area contributed by atoms with Crippen molar-refractivity contribution in [1.29, 1.82) is 0 Å². The molecule has 0 aliphatic heterocycles. The van der Waals surface area contributed by atoms with Crippen molar-refractivity contribution in [2.45, 2.75) is 51.1 Å². The van der Waals surface area contributed by atoms with Gasteiger partial charge in [0.2, 0.25) is 0 Å². The van der Waals surface area contributed by atoms with Gasteiger partial charge in [0.25, 0.3) is 0 Å². The molecule has 5 nitrogen and oxygen atoms in total. The molecule has 5 atom stereocenters. The highest BCUT2D eigenvalue weighted by molar-refractivity contribution is 5.76. The van der Waals surface area contributed by atoms with Crippen molar-refractivity contribution >= 4 is 12.0 Å². The number of rotatable bonds is 5. The summed E-state index contributed by atoms with van der Waals surface area (Å²) in [5.41, 5.74) is 0. The second kappa shape index (κ2) is 4.69. The van der Waals surface area contributed by atoms with Crippen LogP contribution in [0.1, 0.15) is 39.0 Å². The number of hydrogen-bond acceptors (Lipinski definition) is 2. The van der Waals surface area contributed by atoms with Gasteiger partial charge in [-0.3, -0.25) is 4.79 Å². The Morgan fingerprint density at radius 2 is 1.89 bits per heavy atom. The van der Waals surface area contributed by atoms with Crippen molar-refractivity contribution in [3.63, 3.8) is 0 Å². The van der Waals surface area contributed by atoms with E-state index in [1.807, 2.05) is 6.92 Å². The van der Waals surface area contributed by atoms with E-state index in [0.29, 0.717) is 24.3 Å². The van der Waals surface area contributed by atoms with Crippen LogP contribution in [0.2, 0.25) is 0 Å². The Morgan fingerprint density at radius 3 is 2.42 bits per heavy atom. The third kappa shape index (κ3) is 2.30. The first kappa shape index (κ1) is 12.8. The quantitative estimate of drug-likeness (QED) is 0.707. The second-order valence-electron chi connectivity index (χ2n) is 6.33. The highest BCUT2D eigenvalue weighted by atomic mass is 16.4. The van der Waals surface area contributed by atoms with Crippen LogP contribution in [0, 0.1) is 23.7 Å². The number of nitrogens with one attached hydrogen (secondary N) is 2. The van der Waals surface area contributed by atoms with Gasteiger partial charge in [-0.05, 0) is 49.4 Å². The van der Waals surface area contributed by atoms with Crippen LogP contribution in [0.4, 0.5) is 4.79 Å². The van der Waals surface area contributed by atoms with Gasteiger partial charge in [-0.25, -0.2) is 4.79 Å². The summed E-state index contributed by atoms with van der Waals surface area (Å²) < 4.78 is 0. The average Bonchev–Trinajstić information content (AvgIpc) is 2.75. The molecule has 106 valence electrons. The topological polar surface area (TPSA) is 78.4 Å². The van der Waals surface area contributed by atoms with E-state index < -0.39 is 5.97 Å². The average molecular weight is 266 g/mol. The second-order valence-corrected chi connectivity index (χ2v) is 6.33. The first-order chi connectivity index (χ1) is 9.10. The Kier molecular flexibility index (Phi) is 3.15. The van der Waals surface area contributed by atoms with E-state index in [4.69, 9.17) is 5.11 Å². The van der Waals surface area contributed by atoms with Crippen LogP contribution in [0.3, 0.4) is 0 Å². The number of fused-ring (bicyclic) bond motifs is 5. The van der Waals surface area contributed by atoms with Crippen LogP contribution >= 0.6 is 0 Å². The summed E-state index contributed by atoms with van der Waals surface area (Å²) in [6, 6.07) is -0.103. The molecule has 19 heavy (non-hydrogen) atoms. The molecule has 3 aliphatic rings. The third-order valence-corrected chi connectivity index (χ3v) is 5.28. The first-order valence-electron chi connectivity index (χ1n) is 7.39. The fraction of sp³-hybridized carbons (Fsp3) is 0.857. The van der Waals surface area contributed by atoms with Crippen molar-refractivity contribution in [3.05, 3.63) is 0 Å². The zero-order valence-electron chi connectivity index (χ0n) is 11.3. The van der Waals surface area contributed by atoms with Crippen LogP contribution in [-0.2, 0) is 4.79 Å². The molecular formula is C14H22N2O3. The summed E-state index contributed by atoms with van der Waals surface area (Å²) in [6.07, 6.45) is 4.67. The zero-order chi connectivity index (χ0) is 13.6. The molecule has 5 unspecified atom stereocenters. The molecule has 0 aromatic rings. The molecule has 0 radical (unpaired) electrons. The lowest BCUT2D eigenvalue weighted by Gasteiger charge is -2.17. The molecule has 2 bridgehead atoms. The molecule has 0 heterocycles. The van der Waals surface area contributed by atoms with Crippen LogP contribution < -0.4 is 10.6 Å². The Balaban J connectivity index is 1.46. The number of hydrogen-bond donors (Lipinski definition) is 3. The predicted octanol–water partition coefficient (Wildman–Crippen LogP) is 1.58. The maximum atomic E-state index is 11.9. The minimum Gasteiger partial charge on any atom is -0.481 e. The molecule has 0 spiro atoms. The molecule has 3 N–H and O–H groups in total. The van der Waals surface area contributed by atoms with Gasteiger partial charge in [-0.15, -0.1) is 0 Å². The summed E-state index contributed by atoms with van der Waals surface area (Å²) in [7, 11) is 0. The van der Waals surface area contributed by atoms with Crippen LogP contribution in [0.25, 0.3) is 0 Å². The molecule has 2 amide bonds. The fourth-order valence-electron chi connectivity index (χ4n) is 4.41. The van der Waals surface area contributed by atoms with Crippen LogP contribution in [-0.4, -0.2) is 29.2 Å². The van der Waals surface area contributed by atoms with Crippen molar-refractivity contribution in [2.75, 3.05) is 0 Å². The van der Waals surface area contributed by atoms with E-state index in [2.05, 4.69) is 10.6 Å². The molecule has 3 rings (SSSR count). The lowest BCUT2D eigenvalue weighted by molar-refractivity contribution is -0.137. The van der Waals surface area contributed by atoms with E-state index in [0.717, 1.165) is 11.8 Å². The number of carbonyl (C=O) groups is 2. The van der Waals surface area contributed by atoms with Gasteiger partial charge in [0.1, 0.15) is 0 Å². The molecule has 3 aliphatic carbocycles. The molecule has 0 saturated heterocycles. The number of aliphatic carboxylic acids is 1. The minimum absolute atomic E-state index is 0.00725. The van der Waals surface area contributed by atoms with Crippen molar-refractivity contribution in [2.24, 2.45) is 23.7 Å². The smallest absolute Gasteiger partial charge is 0.315 e. The van der Waals surface area contributed by atoms with Gasteiger partial charge >= 0.3 is 12.0 Å². The summed E-state index contributed by atoms with van der Waals surface area (Å²) in [6.45, 7) is 1.89. The lowest BCUT2D eigenvalue weighted by Crippen LogP contribution is -2.44. The molecule has 0 aromatic heterocycles. The number of carboxylic acids is 1. The van der Waals surface area contributed by atoms with Gasteiger partial charge in [-0.2, -0.15) is 0 Å². The van der Waals surface area contributed by atoms with Gasteiger partial charge in [0.05, 0.1) is 6.42 Å². The standard InChI is InChI=1S/C14H22N2O3/c1-2-9(6-10(17)18)15-14(19)16-13-11-7-3-4-8(5-7)12(11)13/h7-9,11-13H,2-6H2,1H3,(H,17,18)(H2,15,16,19). The SMILES string of the molecule is CCC(CC(=O)O)NC(=O)NC1C2C3CCC(C3)C12. The number of carbonyl (C=O) groups excluding carboxylic acids is 1. The van der Waals surface area contributed by atoms with E-state index in [-0.39, 0.29) is 18.5 Å². The van der Waals surface area contributed by atoms with Gasteiger partial charge in [0.15, 0.2) is 0 Å². The Hall–Kier alpha value is -1.26. The number of amides is 2. The van der Waals surface area contributed by atoms with E-state index in [1.54, 1.807) is 0 Å². The number of urea groups is 1. The van der Waals surface area contributed by atoms with Gasteiger partial charge in [-0.1, -0.05) is 6.92 Å². The summed E-state index contributed by atoms with van der Waals surface area (Å²) in [4.78, 5) is 22.6. The lowest BCUT2D eigenvalue weighted by atomic mass is 10.0. The molecule has 0 aromatic carbocycles. The summed E-state index contributed by atoms with van der Waals surface area (Å²) >= 11 is 0. The van der Waals surface area contributed by atoms with E-state index in [9.17, 15) is 9.59 Å². The Bertz CT molecular complexity index is 382. The molecule has 3 fully saturated rings. The van der Waals surface area contributed by atoms with Crippen molar-refractivity contribution in [1.82, 2.24) is 10.6 Å². The van der Waals surface area contributed by atoms with Crippen molar-refractivity contribution in [3.8, 4) is 0 Å². The highest BCUT2D eigenvalue weighted by Crippen LogP contribution is 2.65. The van der Waals surface area contributed by atoms with Crippen LogP contribution in [0.5, 0.6) is 0 Å². The molecular weight excluding hydrogens is 244 g/mol. The van der Waals surface area contributed by atoms with E-state index >= 15 is 0 Å². The molecule has 3 saturated carbocycles. The summed E-state index contributed by atoms with van der Waals surface area (Å²) in [5, 5.41) is 14.6. The maximum Gasteiger partial charge on any atom is 0.315 e. The van der Waals surface area contributed by atoms with Crippen LogP contribution in [0.15, 0.2) is 0 Å². The maximum absolute atomic E-state index is 11.9. The Labute approximate surface area is 113 Å². The first-order valence-corrected chi connectivity index (χ1v) is 7.39. The monoisotopic (exact) mass is 266 g/mol. The Morgan fingerprint density at radius 1 is 1.26 bits per heavy atom. The minimum atomic E-state index is -0.867. The van der Waals surface area contributed by atoms with Crippen molar-refractivity contribution < 1.29 is 14.7 Å². The van der Waals surface area contributed by atoms with Gasteiger partial charge in [0, 0.05) is 12.1 Å². The largest absolute Gasteiger partial charge is 0.481 e. The summed E-state index contributed by atoms with van der Waals surface area (Å²) in [5.74, 6) is 2.23. The van der Waals surface area contributed by atoms with Gasteiger partial charge < -0.3 is 15.7 Å². The molecule has 5 heteroatoms. The predicted molar refractivity (Wildman–Crippen MR) is 69.6 cm³/mol. The fourth-order valence-corrected chi connectivity index (χ4v) is 4.41. The van der Waals surface area contributed by atoms with E-state index in [1.165, 1.54) is 19.3 Å². The highest BCUT2D eigenvalue weighted by Gasteiger charge is 2.65.